The molecule has 1 aliphatic rings. The van der Waals surface area contributed by atoms with E-state index >= 15 is 0 Å². The SMILES string of the molecule is COC1CCC(NC(=O)c2ccc(Br)cc2N)C1. The van der Waals surface area contributed by atoms with E-state index in [1.54, 1.807) is 19.2 Å². The quantitative estimate of drug-likeness (QED) is 0.842. The van der Waals surface area contributed by atoms with Gasteiger partial charge in [0.05, 0.1) is 11.7 Å². The summed E-state index contributed by atoms with van der Waals surface area (Å²) in [6, 6.07) is 5.47. The molecule has 4 nitrogen and oxygen atoms in total. The molecule has 0 saturated heterocycles. The monoisotopic (exact) mass is 312 g/mol. The van der Waals surface area contributed by atoms with Gasteiger partial charge in [-0.25, -0.2) is 0 Å². The van der Waals surface area contributed by atoms with Crippen LogP contribution >= 0.6 is 15.9 Å². The Bertz CT molecular complexity index is 451. The molecule has 2 atom stereocenters. The van der Waals surface area contributed by atoms with Crippen LogP contribution in [0.2, 0.25) is 0 Å². The molecule has 1 amide bonds. The minimum Gasteiger partial charge on any atom is -0.398 e. The van der Waals surface area contributed by atoms with Gasteiger partial charge in [-0.1, -0.05) is 15.9 Å². The Morgan fingerprint density at radius 2 is 2.28 bits per heavy atom. The van der Waals surface area contributed by atoms with Crippen LogP contribution in [0.5, 0.6) is 0 Å². The summed E-state index contributed by atoms with van der Waals surface area (Å²) >= 11 is 3.32. The molecular weight excluding hydrogens is 296 g/mol. The molecule has 0 spiro atoms. The number of nitrogens with one attached hydrogen (secondary N) is 1. The lowest BCUT2D eigenvalue weighted by molar-refractivity contribution is 0.0916. The molecule has 98 valence electrons. The molecule has 5 heteroatoms. The number of rotatable bonds is 3. The maximum Gasteiger partial charge on any atom is 0.253 e. The molecule has 0 bridgehead atoms. The number of carbonyl (C=O) groups excluding carboxylic acids is 1. The van der Waals surface area contributed by atoms with Crippen molar-refractivity contribution in [3.8, 4) is 0 Å². The summed E-state index contributed by atoms with van der Waals surface area (Å²) in [6.45, 7) is 0. The summed E-state index contributed by atoms with van der Waals surface area (Å²) in [4.78, 5) is 12.1. The first-order valence-electron chi connectivity index (χ1n) is 5.99. The Hall–Kier alpha value is -1.07. The predicted octanol–water partition coefficient (Wildman–Crippen LogP) is 2.33. The number of methoxy groups -OCH3 is 1. The van der Waals surface area contributed by atoms with E-state index < -0.39 is 0 Å². The molecular formula is C13H17BrN2O2. The maximum absolute atomic E-state index is 12.1. The summed E-state index contributed by atoms with van der Waals surface area (Å²) in [7, 11) is 1.71. The minimum absolute atomic E-state index is 0.109. The van der Waals surface area contributed by atoms with E-state index in [0.717, 1.165) is 23.7 Å². The first kappa shape index (κ1) is 13.4. The Morgan fingerprint density at radius 3 is 2.89 bits per heavy atom. The molecule has 1 aliphatic carbocycles. The van der Waals surface area contributed by atoms with Crippen LogP contribution in [0.1, 0.15) is 29.6 Å². The van der Waals surface area contributed by atoms with Crippen molar-refractivity contribution in [3.63, 3.8) is 0 Å². The number of nitrogen functional groups attached to an aromatic ring is 1. The molecule has 1 saturated carbocycles. The number of ether oxygens (including phenoxy) is 1. The van der Waals surface area contributed by atoms with Gasteiger partial charge in [0, 0.05) is 23.3 Å². The number of hydrogen-bond acceptors (Lipinski definition) is 3. The summed E-state index contributed by atoms with van der Waals surface area (Å²) in [6.07, 6.45) is 3.09. The molecule has 0 heterocycles. The molecule has 2 unspecified atom stereocenters. The van der Waals surface area contributed by atoms with Crippen molar-refractivity contribution in [2.75, 3.05) is 12.8 Å². The number of benzene rings is 1. The predicted molar refractivity (Wildman–Crippen MR) is 74.5 cm³/mol. The normalized spacial score (nSPS) is 23.0. The van der Waals surface area contributed by atoms with E-state index in [0.29, 0.717) is 11.3 Å². The number of hydrogen-bond donors (Lipinski definition) is 2. The minimum atomic E-state index is -0.109. The number of nitrogens with two attached hydrogens (primary N) is 1. The van der Waals surface area contributed by atoms with Crippen LogP contribution in [0.15, 0.2) is 22.7 Å². The summed E-state index contributed by atoms with van der Waals surface area (Å²) in [5, 5.41) is 3.01. The van der Waals surface area contributed by atoms with E-state index in [9.17, 15) is 4.79 Å². The van der Waals surface area contributed by atoms with Gasteiger partial charge in [0.1, 0.15) is 0 Å². The molecule has 0 aliphatic heterocycles. The zero-order valence-electron chi connectivity index (χ0n) is 10.3. The standard InChI is InChI=1S/C13H17BrN2O2/c1-18-10-4-3-9(7-10)16-13(17)11-5-2-8(14)6-12(11)15/h2,5-6,9-10H,3-4,7,15H2,1H3,(H,16,17). The highest BCUT2D eigenvalue weighted by Crippen LogP contribution is 2.23. The number of amides is 1. The molecule has 18 heavy (non-hydrogen) atoms. The van der Waals surface area contributed by atoms with Crippen molar-refractivity contribution in [2.45, 2.75) is 31.4 Å². The second kappa shape index (κ2) is 5.71. The highest BCUT2D eigenvalue weighted by molar-refractivity contribution is 9.10. The number of halogens is 1. The first-order chi connectivity index (χ1) is 8.60. The second-order valence-electron chi connectivity index (χ2n) is 4.57. The van der Waals surface area contributed by atoms with Gasteiger partial charge in [-0.2, -0.15) is 0 Å². The molecule has 2 rings (SSSR count). The van der Waals surface area contributed by atoms with Crippen LogP contribution in [-0.2, 0) is 4.74 Å². The van der Waals surface area contributed by atoms with Gasteiger partial charge in [-0.15, -0.1) is 0 Å². The van der Waals surface area contributed by atoms with E-state index in [-0.39, 0.29) is 18.1 Å². The number of carbonyl (C=O) groups is 1. The highest BCUT2D eigenvalue weighted by Gasteiger charge is 2.26. The molecule has 1 aromatic rings. The molecule has 0 aromatic heterocycles. The van der Waals surface area contributed by atoms with Crippen molar-refractivity contribution in [1.29, 1.82) is 0 Å². The van der Waals surface area contributed by atoms with E-state index in [1.807, 2.05) is 6.07 Å². The molecule has 1 fully saturated rings. The lowest BCUT2D eigenvalue weighted by atomic mass is 10.1. The van der Waals surface area contributed by atoms with E-state index in [4.69, 9.17) is 10.5 Å². The van der Waals surface area contributed by atoms with Gasteiger partial charge >= 0.3 is 0 Å². The second-order valence-corrected chi connectivity index (χ2v) is 5.49. The van der Waals surface area contributed by atoms with Gasteiger partial charge in [0.2, 0.25) is 0 Å². The first-order valence-corrected chi connectivity index (χ1v) is 6.78. The van der Waals surface area contributed by atoms with Crippen LogP contribution in [0.4, 0.5) is 5.69 Å². The molecule has 0 radical (unpaired) electrons. The fourth-order valence-corrected chi connectivity index (χ4v) is 2.67. The fraction of sp³-hybridized carbons (Fsp3) is 0.462. The zero-order valence-corrected chi connectivity index (χ0v) is 11.9. The van der Waals surface area contributed by atoms with Gasteiger partial charge in [-0.3, -0.25) is 4.79 Å². The third kappa shape index (κ3) is 3.03. The molecule has 3 N–H and O–H groups in total. The highest BCUT2D eigenvalue weighted by atomic mass is 79.9. The largest absolute Gasteiger partial charge is 0.398 e. The summed E-state index contributed by atoms with van der Waals surface area (Å²) in [5.74, 6) is -0.109. The van der Waals surface area contributed by atoms with Crippen LogP contribution in [-0.4, -0.2) is 25.2 Å². The third-order valence-corrected chi connectivity index (χ3v) is 3.80. The Morgan fingerprint density at radius 1 is 1.50 bits per heavy atom. The lowest BCUT2D eigenvalue weighted by Gasteiger charge is -2.14. The van der Waals surface area contributed by atoms with Crippen molar-refractivity contribution in [3.05, 3.63) is 28.2 Å². The number of anilines is 1. The van der Waals surface area contributed by atoms with Crippen LogP contribution in [0.3, 0.4) is 0 Å². The van der Waals surface area contributed by atoms with E-state index in [1.165, 1.54) is 0 Å². The Labute approximate surface area is 115 Å². The van der Waals surface area contributed by atoms with Crippen molar-refractivity contribution in [2.24, 2.45) is 0 Å². The maximum atomic E-state index is 12.1. The van der Waals surface area contributed by atoms with Crippen molar-refractivity contribution >= 4 is 27.5 Å². The van der Waals surface area contributed by atoms with Crippen LogP contribution in [0.25, 0.3) is 0 Å². The average Bonchev–Trinajstić information content (AvgIpc) is 2.76. The fourth-order valence-electron chi connectivity index (χ4n) is 2.29. The lowest BCUT2D eigenvalue weighted by Crippen LogP contribution is -2.33. The van der Waals surface area contributed by atoms with Crippen LogP contribution < -0.4 is 11.1 Å². The van der Waals surface area contributed by atoms with Gasteiger partial charge in [-0.05, 0) is 37.5 Å². The summed E-state index contributed by atoms with van der Waals surface area (Å²) < 4.78 is 6.16. The van der Waals surface area contributed by atoms with Crippen LogP contribution in [0, 0.1) is 0 Å². The van der Waals surface area contributed by atoms with Crippen molar-refractivity contribution in [1.82, 2.24) is 5.32 Å². The molecule has 1 aromatic carbocycles. The van der Waals surface area contributed by atoms with Gasteiger partial charge in [0.25, 0.3) is 5.91 Å². The van der Waals surface area contributed by atoms with Gasteiger partial charge < -0.3 is 15.8 Å². The smallest absolute Gasteiger partial charge is 0.253 e. The summed E-state index contributed by atoms with van der Waals surface area (Å²) in [5.41, 5.74) is 6.85. The average molecular weight is 313 g/mol. The van der Waals surface area contributed by atoms with Gasteiger partial charge in [0.15, 0.2) is 0 Å². The van der Waals surface area contributed by atoms with E-state index in [2.05, 4.69) is 21.2 Å². The Kier molecular flexibility index (Phi) is 4.24. The Balaban J connectivity index is 2.00. The topological polar surface area (TPSA) is 64.3 Å². The van der Waals surface area contributed by atoms with Crippen molar-refractivity contribution < 1.29 is 9.53 Å². The zero-order chi connectivity index (χ0) is 13.1. The third-order valence-electron chi connectivity index (χ3n) is 3.31.